The van der Waals surface area contributed by atoms with Crippen LogP contribution < -0.4 is 9.64 Å². The highest BCUT2D eigenvalue weighted by Crippen LogP contribution is 2.53. The summed E-state index contributed by atoms with van der Waals surface area (Å²) >= 11 is 7.45. The van der Waals surface area contributed by atoms with E-state index in [1.54, 1.807) is 0 Å². The molecule has 0 saturated heterocycles. The molecule has 1 aliphatic carbocycles. The summed E-state index contributed by atoms with van der Waals surface area (Å²) in [7, 11) is 0. The summed E-state index contributed by atoms with van der Waals surface area (Å²) in [6.07, 6.45) is 5.34. The van der Waals surface area contributed by atoms with Gasteiger partial charge in [0.25, 0.3) is 0 Å². The van der Waals surface area contributed by atoms with Crippen LogP contribution in [-0.4, -0.2) is 4.83 Å². The minimum Gasteiger partial charge on any atom is -0.453 e. The van der Waals surface area contributed by atoms with E-state index >= 15 is 0 Å². The second kappa shape index (κ2) is 10.6. The molecule has 0 N–H and O–H groups in total. The second-order valence-corrected chi connectivity index (χ2v) is 12.0. The molecule has 0 saturated carbocycles. The zero-order valence-corrected chi connectivity index (χ0v) is 24.8. The number of alkyl halides is 1. The van der Waals surface area contributed by atoms with Gasteiger partial charge in [0.1, 0.15) is 5.76 Å². The zero-order valence-electron chi connectivity index (χ0n) is 21.6. The molecule has 0 fully saturated rings. The summed E-state index contributed by atoms with van der Waals surface area (Å²) in [5.74, 6) is 1.69. The molecular formula is C36H25Br2NO. The van der Waals surface area contributed by atoms with Crippen LogP contribution in [0.5, 0.6) is 5.75 Å². The summed E-state index contributed by atoms with van der Waals surface area (Å²) in [4.78, 5) is 2.62. The molecule has 1 atom stereocenters. The van der Waals surface area contributed by atoms with E-state index in [4.69, 9.17) is 4.74 Å². The monoisotopic (exact) mass is 645 g/mol. The lowest BCUT2D eigenvalue weighted by molar-refractivity contribution is 0.418. The molecule has 1 aliphatic heterocycles. The number of anilines is 2. The van der Waals surface area contributed by atoms with Crippen molar-refractivity contribution >= 4 is 43.2 Å². The number of fused-ring (bicyclic) bond motifs is 2. The Morgan fingerprint density at radius 2 is 1.23 bits per heavy atom. The zero-order chi connectivity index (χ0) is 27.1. The summed E-state index contributed by atoms with van der Waals surface area (Å²) in [6, 6.07) is 43.0. The maximum Gasteiger partial charge on any atom is 0.152 e. The van der Waals surface area contributed by atoms with Gasteiger partial charge in [0.15, 0.2) is 5.75 Å². The molecular weight excluding hydrogens is 622 g/mol. The van der Waals surface area contributed by atoms with Gasteiger partial charge in [-0.2, -0.15) is 0 Å². The van der Waals surface area contributed by atoms with Gasteiger partial charge in [0.2, 0.25) is 0 Å². The predicted octanol–water partition coefficient (Wildman–Crippen LogP) is 10.9. The molecule has 0 amide bonds. The van der Waals surface area contributed by atoms with Crippen molar-refractivity contribution in [2.75, 3.05) is 4.90 Å². The van der Waals surface area contributed by atoms with Crippen LogP contribution >= 0.6 is 31.9 Å². The lowest BCUT2D eigenvalue weighted by Crippen LogP contribution is -2.28. The van der Waals surface area contributed by atoms with E-state index in [-0.39, 0.29) is 4.83 Å². The van der Waals surface area contributed by atoms with Gasteiger partial charge in [-0.25, -0.2) is 0 Å². The third-order valence-corrected chi connectivity index (χ3v) is 8.49. The van der Waals surface area contributed by atoms with Crippen LogP contribution in [0, 0.1) is 0 Å². The first-order valence-electron chi connectivity index (χ1n) is 13.3. The first-order valence-corrected chi connectivity index (χ1v) is 15.0. The molecule has 0 aromatic heterocycles. The number of ether oxygens (including phenoxy) is 1. The van der Waals surface area contributed by atoms with E-state index < -0.39 is 0 Å². The van der Waals surface area contributed by atoms with Crippen molar-refractivity contribution in [2.24, 2.45) is 0 Å². The fourth-order valence-corrected chi connectivity index (χ4v) is 6.29. The van der Waals surface area contributed by atoms with Gasteiger partial charge in [0.05, 0.1) is 17.1 Å². The fraction of sp³-hybridized carbons (Fsp3) is 0.0556. The van der Waals surface area contributed by atoms with E-state index in [1.807, 2.05) is 0 Å². The van der Waals surface area contributed by atoms with Crippen molar-refractivity contribution in [1.82, 2.24) is 0 Å². The average Bonchev–Trinajstić information content (AvgIpc) is 3.00. The lowest BCUT2D eigenvalue weighted by atomic mass is 9.89. The Labute approximate surface area is 251 Å². The van der Waals surface area contributed by atoms with Crippen LogP contribution in [0.15, 0.2) is 149 Å². The molecule has 5 aromatic carbocycles. The minimum absolute atomic E-state index is 0.226. The molecule has 1 heterocycles. The van der Waals surface area contributed by atoms with Crippen LogP contribution in [-0.2, 0) is 0 Å². The largest absolute Gasteiger partial charge is 0.453 e. The number of hydrogen-bond donors (Lipinski definition) is 0. The molecule has 0 bridgehead atoms. The molecule has 2 nitrogen and oxygen atoms in total. The summed E-state index contributed by atoms with van der Waals surface area (Å²) in [5.41, 5.74) is 10.2. The maximum atomic E-state index is 6.51. The first-order chi connectivity index (χ1) is 19.7. The Hall–Kier alpha value is -3.86. The normalized spacial score (nSPS) is 15.8. The standard InChI is InChI=1S/C36H25Br2NO/c37-28-16-18-32-34(22-28)40-35-23-29(38)17-19-33(35)39(32)36-30(25-12-6-2-7-13-25)20-27(24-10-4-1-5-11-24)21-31(36)26-14-8-3-9-15-26/h1-16,18-23,29H,17H2. The number of hydrogen-bond acceptors (Lipinski definition) is 2. The number of benzene rings is 5. The molecule has 2 aliphatic rings. The molecule has 7 rings (SSSR count). The van der Waals surface area contributed by atoms with Crippen LogP contribution in [0.4, 0.5) is 11.4 Å². The highest BCUT2D eigenvalue weighted by molar-refractivity contribution is 9.10. The number of allylic oxidation sites excluding steroid dienone is 2. The van der Waals surface area contributed by atoms with Gasteiger partial charge >= 0.3 is 0 Å². The van der Waals surface area contributed by atoms with Crippen LogP contribution in [0.25, 0.3) is 33.4 Å². The van der Waals surface area contributed by atoms with Gasteiger partial charge in [0, 0.05) is 20.4 Å². The number of nitrogens with zero attached hydrogens (tertiary/aromatic N) is 1. The van der Waals surface area contributed by atoms with Crippen LogP contribution in [0.1, 0.15) is 6.42 Å². The Balaban J connectivity index is 1.59. The Morgan fingerprint density at radius 3 is 1.82 bits per heavy atom. The van der Waals surface area contributed by atoms with Crippen molar-refractivity contribution < 1.29 is 4.74 Å². The molecule has 5 aromatic rings. The third-order valence-electron chi connectivity index (χ3n) is 7.35. The van der Waals surface area contributed by atoms with Crippen LogP contribution in [0.3, 0.4) is 0 Å². The molecule has 4 heteroatoms. The van der Waals surface area contributed by atoms with Gasteiger partial charge in [-0.1, -0.05) is 129 Å². The predicted molar refractivity (Wildman–Crippen MR) is 173 cm³/mol. The molecule has 0 spiro atoms. The highest BCUT2D eigenvalue weighted by atomic mass is 79.9. The van der Waals surface area contributed by atoms with Crippen molar-refractivity contribution in [3.8, 4) is 39.1 Å². The van der Waals surface area contributed by atoms with Gasteiger partial charge < -0.3 is 9.64 Å². The third kappa shape index (κ3) is 4.61. The van der Waals surface area contributed by atoms with E-state index in [2.05, 4.69) is 170 Å². The number of halogens is 2. The first kappa shape index (κ1) is 25.1. The second-order valence-electron chi connectivity index (χ2n) is 9.94. The van der Waals surface area contributed by atoms with Crippen molar-refractivity contribution in [3.63, 3.8) is 0 Å². The van der Waals surface area contributed by atoms with E-state index in [0.717, 1.165) is 61.7 Å². The molecule has 0 radical (unpaired) electrons. The Bertz CT molecular complexity index is 1700. The Morgan fingerprint density at radius 1 is 0.650 bits per heavy atom. The topological polar surface area (TPSA) is 12.5 Å². The van der Waals surface area contributed by atoms with Gasteiger partial charge in [-0.15, -0.1) is 0 Å². The molecule has 40 heavy (non-hydrogen) atoms. The minimum atomic E-state index is 0.226. The molecule has 194 valence electrons. The van der Waals surface area contributed by atoms with Crippen LogP contribution in [0.2, 0.25) is 0 Å². The van der Waals surface area contributed by atoms with Crippen molar-refractivity contribution in [1.29, 1.82) is 0 Å². The smallest absolute Gasteiger partial charge is 0.152 e. The molecule has 1 unspecified atom stereocenters. The number of rotatable bonds is 4. The van der Waals surface area contributed by atoms with Crippen molar-refractivity contribution in [2.45, 2.75) is 11.2 Å². The summed E-state index contributed by atoms with van der Waals surface area (Å²) in [5, 5.41) is 0. The summed E-state index contributed by atoms with van der Waals surface area (Å²) < 4.78 is 7.50. The highest BCUT2D eigenvalue weighted by Gasteiger charge is 2.34. The van der Waals surface area contributed by atoms with E-state index in [1.165, 1.54) is 11.1 Å². The van der Waals surface area contributed by atoms with E-state index in [0.29, 0.717) is 0 Å². The fourth-order valence-electron chi connectivity index (χ4n) is 5.52. The Kier molecular flexibility index (Phi) is 6.66. The van der Waals surface area contributed by atoms with Gasteiger partial charge in [-0.3, -0.25) is 0 Å². The summed E-state index contributed by atoms with van der Waals surface area (Å²) in [6.45, 7) is 0. The SMILES string of the molecule is Brc1ccc2c(c1)OC1=CC(Br)CC=C1N2c1c(-c2ccccc2)cc(-c2ccccc2)cc1-c1ccccc1. The maximum absolute atomic E-state index is 6.51. The average molecular weight is 647 g/mol. The van der Waals surface area contributed by atoms with E-state index in [9.17, 15) is 0 Å². The lowest BCUT2D eigenvalue weighted by Gasteiger charge is -2.39. The quantitative estimate of drug-likeness (QED) is 0.180. The van der Waals surface area contributed by atoms with Gasteiger partial charge in [-0.05, 0) is 65.1 Å². The van der Waals surface area contributed by atoms with Crippen molar-refractivity contribution in [3.05, 3.63) is 149 Å².